The number of anilines is 1. The minimum Gasteiger partial charge on any atom is -0.389 e. The van der Waals surface area contributed by atoms with Gasteiger partial charge in [0.1, 0.15) is 0 Å². The fourth-order valence-electron chi connectivity index (χ4n) is 3.35. The maximum Gasteiger partial charge on any atom is 0.0891 e. The largest absolute Gasteiger partial charge is 0.389 e. The van der Waals surface area contributed by atoms with E-state index >= 15 is 0 Å². The molecule has 0 amide bonds. The van der Waals surface area contributed by atoms with Crippen LogP contribution < -0.4 is 5.32 Å². The van der Waals surface area contributed by atoms with Crippen molar-refractivity contribution in [3.8, 4) is 0 Å². The summed E-state index contributed by atoms with van der Waals surface area (Å²) in [7, 11) is 0. The van der Waals surface area contributed by atoms with E-state index in [0.29, 0.717) is 28.2 Å². The number of hydrogen-bond donors (Lipinski definition) is 2. The number of nitrogens with zero attached hydrogens (tertiary/aromatic N) is 1. The van der Waals surface area contributed by atoms with Gasteiger partial charge in [0.2, 0.25) is 0 Å². The first kappa shape index (κ1) is 18.5. The average Bonchev–Trinajstić information content (AvgIpc) is 2.92. The number of aliphatic hydroxyl groups excluding tert-OH is 1. The molecule has 1 heterocycles. The van der Waals surface area contributed by atoms with E-state index in [2.05, 4.69) is 9.88 Å². The molecule has 3 nitrogen and oxygen atoms in total. The van der Waals surface area contributed by atoms with Gasteiger partial charge < -0.3 is 15.0 Å². The molecule has 0 radical (unpaired) electrons. The molecule has 0 saturated heterocycles. The third kappa shape index (κ3) is 3.87. The highest BCUT2D eigenvalue weighted by atomic mass is 35.5. The van der Waals surface area contributed by atoms with E-state index in [1.165, 1.54) is 0 Å². The molecule has 2 N–H and O–H groups in total. The Morgan fingerprint density at radius 2 is 1.41 bits per heavy atom. The van der Waals surface area contributed by atoms with Crippen LogP contribution in [0.25, 0.3) is 21.8 Å². The average molecular weight is 420 g/mol. The molecule has 0 bridgehead atoms. The molecule has 1 atom stereocenters. The Labute approximate surface area is 172 Å². The fourth-order valence-corrected chi connectivity index (χ4v) is 3.89. The first-order chi connectivity index (χ1) is 13.0. The normalized spacial score (nSPS) is 12.6. The Morgan fingerprint density at radius 3 is 2.00 bits per heavy atom. The van der Waals surface area contributed by atoms with E-state index in [9.17, 15) is 5.11 Å². The van der Waals surface area contributed by atoms with Crippen LogP contribution >= 0.6 is 34.8 Å². The lowest BCUT2D eigenvalue weighted by Crippen LogP contribution is -2.24. The topological polar surface area (TPSA) is 37.2 Å². The van der Waals surface area contributed by atoms with E-state index < -0.39 is 6.10 Å². The quantitative estimate of drug-likeness (QED) is 0.402. The minimum atomic E-state index is -0.589. The predicted molar refractivity (Wildman–Crippen MR) is 115 cm³/mol. The highest BCUT2D eigenvalue weighted by Gasteiger charge is 2.14. The second kappa shape index (κ2) is 7.61. The molecular weight excluding hydrogens is 403 g/mol. The van der Waals surface area contributed by atoms with E-state index in [1.54, 1.807) is 0 Å². The van der Waals surface area contributed by atoms with Gasteiger partial charge in [0.05, 0.1) is 12.6 Å². The zero-order chi connectivity index (χ0) is 19.0. The van der Waals surface area contributed by atoms with Crippen LogP contribution in [0.3, 0.4) is 0 Å². The molecule has 0 saturated carbocycles. The predicted octanol–water partition coefficient (Wildman–Crippen LogP) is 6.23. The maximum absolute atomic E-state index is 10.6. The highest BCUT2D eigenvalue weighted by Crippen LogP contribution is 2.33. The van der Waals surface area contributed by atoms with Crippen molar-refractivity contribution >= 4 is 62.3 Å². The first-order valence-electron chi connectivity index (χ1n) is 8.56. The summed E-state index contributed by atoms with van der Waals surface area (Å²) in [5.41, 5.74) is 2.90. The lowest BCUT2D eigenvalue weighted by Gasteiger charge is -2.16. The van der Waals surface area contributed by atoms with Crippen LogP contribution in [0.5, 0.6) is 0 Å². The molecule has 0 unspecified atom stereocenters. The molecule has 3 aromatic carbocycles. The number of rotatable bonds is 5. The standard InChI is InChI=1S/C21H17Cl3N2O/c22-13-2-1-3-16(8-13)25-11-17(27)12-26-20-6-4-14(23)9-18(20)19-10-15(24)5-7-21(19)26/h1-10,17,25,27H,11-12H2/t17-/m1/s1. The molecule has 6 heteroatoms. The van der Waals surface area contributed by atoms with Crippen molar-refractivity contribution < 1.29 is 5.11 Å². The molecule has 0 spiro atoms. The van der Waals surface area contributed by atoms with Gasteiger partial charge in [-0.3, -0.25) is 0 Å². The van der Waals surface area contributed by atoms with Crippen molar-refractivity contribution in [3.63, 3.8) is 0 Å². The van der Waals surface area contributed by atoms with E-state index in [4.69, 9.17) is 34.8 Å². The summed E-state index contributed by atoms with van der Waals surface area (Å²) < 4.78 is 2.10. The molecule has 0 aliphatic heterocycles. The number of aliphatic hydroxyl groups is 1. The van der Waals surface area contributed by atoms with Crippen LogP contribution in [0.4, 0.5) is 5.69 Å². The summed E-state index contributed by atoms with van der Waals surface area (Å²) >= 11 is 18.4. The van der Waals surface area contributed by atoms with Crippen molar-refractivity contribution in [1.82, 2.24) is 4.57 Å². The zero-order valence-corrected chi connectivity index (χ0v) is 16.6. The number of fused-ring (bicyclic) bond motifs is 3. The second-order valence-corrected chi connectivity index (χ2v) is 7.79. The van der Waals surface area contributed by atoms with Gasteiger partial charge in [-0.2, -0.15) is 0 Å². The molecule has 138 valence electrons. The van der Waals surface area contributed by atoms with Gasteiger partial charge in [-0.05, 0) is 54.6 Å². The molecule has 0 aliphatic rings. The number of hydrogen-bond acceptors (Lipinski definition) is 2. The number of aromatic nitrogens is 1. The summed E-state index contributed by atoms with van der Waals surface area (Å²) in [6.07, 6.45) is -0.589. The Kier molecular flexibility index (Phi) is 5.20. The third-order valence-corrected chi connectivity index (χ3v) is 5.25. The molecule has 4 rings (SSSR count). The summed E-state index contributed by atoms with van der Waals surface area (Å²) in [6, 6.07) is 19.0. The molecule has 27 heavy (non-hydrogen) atoms. The van der Waals surface area contributed by atoms with Crippen molar-refractivity contribution in [3.05, 3.63) is 75.7 Å². The van der Waals surface area contributed by atoms with Crippen LogP contribution in [0.1, 0.15) is 0 Å². The minimum absolute atomic E-state index is 0.405. The van der Waals surface area contributed by atoms with Crippen LogP contribution in [0.2, 0.25) is 15.1 Å². The maximum atomic E-state index is 10.6. The van der Waals surface area contributed by atoms with Crippen LogP contribution in [-0.4, -0.2) is 22.3 Å². The monoisotopic (exact) mass is 418 g/mol. The SMILES string of the molecule is O[C@H](CNc1cccc(Cl)c1)Cn1c2ccc(Cl)cc2c2cc(Cl)ccc21. The lowest BCUT2D eigenvalue weighted by molar-refractivity contribution is 0.169. The Morgan fingerprint density at radius 1 is 0.815 bits per heavy atom. The second-order valence-electron chi connectivity index (χ2n) is 6.48. The Balaban J connectivity index is 1.64. The van der Waals surface area contributed by atoms with Gasteiger partial charge in [0.25, 0.3) is 0 Å². The van der Waals surface area contributed by atoms with Gasteiger partial charge in [0.15, 0.2) is 0 Å². The lowest BCUT2D eigenvalue weighted by atomic mass is 10.1. The number of benzene rings is 3. The van der Waals surface area contributed by atoms with Crippen molar-refractivity contribution in [2.45, 2.75) is 12.6 Å². The summed E-state index contributed by atoms with van der Waals surface area (Å²) in [5.74, 6) is 0. The fraction of sp³-hybridized carbons (Fsp3) is 0.143. The zero-order valence-electron chi connectivity index (χ0n) is 14.3. The van der Waals surface area contributed by atoms with Gasteiger partial charge in [-0.25, -0.2) is 0 Å². The number of halogens is 3. The third-order valence-electron chi connectivity index (χ3n) is 4.55. The highest BCUT2D eigenvalue weighted by molar-refractivity contribution is 6.33. The summed E-state index contributed by atoms with van der Waals surface area (Å²) in [4.78, 5) is 0. The van der Waals surface area contributed by atoms with Gasteiger partial charge in [-0.15, -0.1) is 0 Å². The summed E-state index contributed by atoms with van der Waals surface area (Å²) in [6.45, 7) is 0.847. The van der Waals surface area contributed by atoms with Gasteiger partial charge in [0, 0.05) is 49.1 Å². The van der Waals surface area contributed by atoms with Crippen molar-refractivity contribution in [2.75, 3.05) is 11.9 Å². The molecular formula is C21H17Cl3N2O. The smallest absolute Gasteiger partial charge is 0.0891 e. The molecule has 0 aliphatic carbocycles. The Bertz CT molecular complexity index is 1060. The first-order valence-corrected chi connectivity index (χ1v) is 9.69. The van der Waals surface area contributed by atoms with Gasteiger partial charge >= 0.3 is 0 Å². The number of nitrogens with one attached hydrogen (secondary N) is 1. The summed E-state index contributed by atoms with van der Waals surface area (Å²) in [5, 5.41) is 17.9. The molecule has 4 aromatic rings. The molecule has 0 fully saturated rings. The Hall–Kier alpha value is -1.91. The van der Waals surface area contributed by atoms with Crippen molar-refractivity contribution in [1.29, 1.82) is 0 Å². The van der Waals surface area contributed by atoms with Crippen LogP contribution in [-0.2, 0) is 6.54 Å². The van der Waals surface area contributed by atoms with E-state index in [-0.39, 0.29) is 0 Å². The van der Waals surface area contributed by atoms with Crippen LogP contribution in [0, 0.1) is 0 Å². The van der Waals surface area contributed by atoms with E-state index in [1.807, 2.05) is 60.7 Å². The van der Waals surface area contributed by atoms with E-state index in [0.717, 1.165) is 27.5 Å². The van der Waals surface area contributed by atoms with Crippen LogP contribution in [0.15, 0.2) is 60.7 Å². The molecule has 1 aromatic heterocycles. The van der Waals surface area contributed by atoms with Gasteiger partial charge in [-0.1, -0.05) is 40.9 Å². The van der Waals surface area contributed by atoms with Crippen molar-refractivity contribution in [2.24, 2.45) is 0 Å².